The Hall–Kier alpha value is -3.53. The molecule has 0 N–H and O–H groups in total. The molecule has 1 amide bonds. The second-order valence-corrected chi connectivity index (χ2v) is 9.36. The van der Waals surface area contributed by atoms with Gasteiger partial charge in [0.2, 0.25) is 0 Å². The molecule has 0 bridgehead atoms. The van der Waals surface area contributed by atoms with Gasteiger partial charge in [-0.15, -0.1) is 0 Å². The van der Waals surface area contributed by atoms with Crippen molar-refractivity contribution < 1.29 is 31.1 Å². The number of amides is 1. The molecular formula is C24H23F3N2O4S. The Labute approximate surface area is 196 Å². The lowest BCUT2D eigenvalue weighted by molar-refractivity contribution is -0.138. The first-order valence-corrected chi connectivity index (χ1v) is 11.6. The number of sulfonamides is 1. The van der Waals surface area contributed by atoms with Crippen molar-refractivity contribution in [3.05, 3.63) is 90.0 Å². The number of carbonyl (C=O) groups excluding carboxylic acids is 1. The van der Waals surface area contributed by atoms with Gasteiger partial charge in [-0.3, -0.25) is 9.10 Å². The van der Waals surface area contributed by atoms with Gasteiger partial charge < -0.3 is 9.64 Å². The average Bonchev–Trinajstić information content (AvgIpc) is 2.81. The van der Waals surface area contributed by atoms with E-state index < -0.39 is 28.7 Å². The molecule has 0 saturated heterocycles. The van der Waals surface area contributed by atoms with Crippen LogP contribution >= 0.6 is 0 Å². The summed E-state index contributed by atoms with van der Waals surface area (Å²) >= 11 is 0. The number of ether oxygens (including phenoxy) is 1. The molecular weight excluding hydrogens is 469 g/mol. The molecule has 0 aromatic heterocycles. The molecule has 0 aliphatic heterocycles. The summed E-state index contributed by atoms with van der Waals surface area (Å²) in [6.07, 6.45) is -4.57. The number of carbonyl (C=O) groups is 1. The first-order valence-electron chi connectivity index (χ1n) is 10.1. The van der Waals surface area contributed by atoms with E-state index in [1.807, 2.05) is 6.07 Å². The number of halogens is 3. The highest BCUT2D eigenvalue weighted by Gasteiger charge is 2.32. The maximum absolute atomic E-state index is 13.7. The largest absolute Gasteiger partial charge is 0.497 e. The van der Waals surface area contributed by atoms with Crippen molar-refractivity contribution in [1.29, 1.82) is 0 Å². The van der Waals surface area contributed by atoms with Gasteiger partial charge in [0.25, 0.3) is 15.9 Å². The number of methoxy groups -OCH3 is 1. The van der Waals surface area contributed by atoms with Crippen molar-refractivity contribution in [2.75, 3.05) is 25.0 Å². The zero-order valence-corrected chi connectivity index (χ0v) is 19.3. The van der Waals surface area contributed by atoms with Crippen molar-refractivity contribution >= 4 is 21.6 Å². The van der Waals surface area contributed by atoms with E-state index >= 15 is 0 Å². The Morgan fingerprint density at radius 3 is 2.18 bits per heavy atom. The van der Waals surface area contributed by atoms with Crippen LogP contribution in [-0.2, 0) is 16.6 Å². The third-order valence-corrected chi connectivity index (χ3v) is 6.73. The molecule has 10 heteroatoms. The van der Waals surface area contributed by atoms with Crippen LogP contribution in [0, 0.1) is 0 Å². The number of alkyl halides is 3. The molecule has 0 aliphatic carbocycles. The van der Waals surface area contributed by atoms with E-state index in [0.717, 1.165) is 18.7 Å². The van der Waals surface area contributed by atoms with E-state index in [9.17, 15) is 26.4 Å². The van der Waals surface area contributed by atoms with Crippen LogP contribution in [-0.4, -0.2) is 46.1 Å². The molecule has 6 nitrogen and oxygen atoms in total. The summed E-state index contributed by atoms with van der Waals surface area (Å²) in [7, 11) is -1.69. The van der Waals surface area contributed by atoms with Crippen LogP contribution in [0.2, 0.25) is 0 Å². The molecule has 0 spiro atoms. The molecule has 34 heavy (non-hydrogen) atoms. The molecule has 3 aromatic carbocycles. The number of rotatable bonds is 8. The molecule has 0 unspecified atom stereocenters. The summed E-state index contributed by atoms with van der Waals surface area (Å²) in [5.41, 5.74) is 0.914. The molecule has 3 aromatic rings. The van der Waals surface area contributed by atoms with Gasteiger partial charge in [-0.25, -0.2) is 8.42 Å². The van der Waals surface area contributed by atoms with Crippen molar-refractivity contribution in [1.82, 2.24) is 4.90 Å². The Morgan fingerprint density at radius 2 is 1.59 bits per heavy atom. The summed E-state index contributed by atoms with van der Waals surface area (Å²) in [6, 6.07) is 20.3. The fourth-order valence-electron chi connectivity index (χ4n) is 3.29. The van der Waals surface area contributed by atoms with Gasteiger partial charge in [-0.1, -0.05) is 36.4 Å². The molecule has 180 valence electrons. The van der Waals surface area contributed by atoms with Crippen LogP contribution in [0.5, 0.6) is 5.75 Å². The minimum Gasteiger partial charge on any atom is -0.497 e. The fourth-order valence-corrected chi connectivity index (χ4v) is 4.79. The normalized spacial score (nSPS) is 11.7. The fraction of sp³-hybridized carbons (Fsp3) is 0.208. The molecule has 0 heterocycles. The standard InChI is InChI=1S/C24H23F3N2O4S/c1-28(17-24(25,26)27)23(30)19-9-6-10-22(15-19)34(31,32)29(16-18-7-4-3-5-8-18)20-11-13-21(33-2)14-12-20/h3-15H,16-17H2,1-2H3. The van der Waals surface area contributed by atoms with Gasteiger partial charge in [-0.05, 0) is 48.0 Å². The summed E-state index contributed by atoms with van der Waals surface area (Å²) in [4.78, 5) is 12.8. The van der Waals surface area contributed by atoms with Crippen LogP contribution in [0.4, 0.5) is 18.9 Å². The van der Waals surface area contributed by atoms with Crippen LogP contribution in [0.15, 0.2) is 83.8 Å². The summed E-state index contributed by atoms with van der Waals surface area (Å²) in [5, 5.41) is 0. The number of benzene rings is 3. The third kappa shape index (κ3) is 6.07. The van der Waals surface area contributed by atoms with Gasteiger partial charge in [-0.2, -0.15) is 13.2 Å². The third-order valence-electron chi connectivity index (χ3n) is 4.96. The minimum atomic E-state index is -4.57. The number of anilines is 1. The Kier molecular flexibility index (Phi) is 7.51. The van der Waals surface area contributed by atoms with E-state index in [4.69, 9.17) is 4.74 Å². The van der Waals surface area contributed by atoms with Gasteiger partial charge >= 0.3 is 6.18 Å². The van der Waals surface area contributed by atoms with Crippen LogP contribution in [0.1, 0.15) is 15.9 Å². The average molecular weight is 493 g/mol. The van der Waals surface area contributed by atoms with Gasteiger partial charge in [0, 0.05) is 12.6 Å². The van der Waals surface area contributed by atoms with E-state index in [0.29, 0.717) is 16.3 Å². The van der Waals surface area contributed by atoms with Gasteiger partial charge in [0.1, 0.15) is 12.3 Å². The van der Waals surface area contributed by atoms with Crippen molar-refractivity contribution in [2.45, 2.75) is 17.6 Å². The number of hydrogen-bond donors (Lipinski definition) is 0. The van der Waals surface area contributed by atoms with Crippen molar-refractivity contribution in [2.24, 2.45) is 0 Å². The van der Waals surface area contributed by atoms with Crippen LogP contribution in [0.3, 0.4) is 0 Å². The highest BCUT2D eigenvalue weighted by Crippen LogP contribution is 2.28. The second kappa shape index (κ2) is 10.2. The van der Waals surface area contributed by atoms with Crippen LogP contribution in [0.25, 0.3) is 0 Å². The van der Waals surface area contributed by atoms with E-state index in [-0.39, 0.29) is 17.0 Å². The molecule has 0 atom stereocenters. The van der Waals surface area contributed by atoms with Gasteiger partial charge in [0.15, 0.2) is 0 Å². The highest BCUT2D eigenvalue weighted by atomic mass is 32.2. The predicted molar refractivity (Wildman–Crippen MR) is 122 cm³/mol. The molecule has 0 aliphatic rings. The highest BCUT2D eigenvalue weighted by molar-refractivity contribution is 7.92. The lowest BCUT2D eigenvalue weighted by Crippen LogP contribution is -2.36. The van der Waals surface area contributed by atoms with Gasteiger partial charge in [0.05, 0.1) is 24.2 Å². The maximum atomic E-state index is 13.7. The minimum absolute atomic E-state index is 0.00164. The summed E-state index contributed by atoms with van der Waals surface area (Å²) < 4.78 is 71.7. The van der Waals surface area contributed by atoms with Crippen molar-refractivity contribution in [3.63, 3.8) is 0 Å². The quantitative estimate of drug-likeness (QED) is 0.456. The predicted octanol–water partition coefficient (Wildman–Crippen LogP) is 4.73. The second-order valence-electron chi connectivity index (χ2n) is 7.50. The number of hydrogen-bond acceptors (Lipinski definition) is 4. The smallest absolute Gasteiger partial charge is 0.406 e. The lowest BCUT2D eigenvalue weighted by atomic mass is 10.2. The molecule has 3 rings (SSSR count). The Balaban J connectivity index is 2.00. The summed E-state index contributed by atoms with van der Waals surface area (Å²) in [5.74, 6) is -0.394. The van der Waals surface area contributed by atoms with E-state index in [2.05, 4.69) is 0 Å². The zero-order chi connectivity index (χ0) is 24.9. The monoisotopic (exact) mass is 492 g/mol. The first kappa shape index (κ1) is 25.1. The summed E-state index contributed by atoms with van der Waals surface area (Å²) in [6.45, 7) is -1.45. The molecule has 0 fully saturated rings. The van der Waals surface area contributed by atoms with E-state index in [1.54, 1.807) is 48.5 Å². The lowest BCUT2D eigenvalue weighted by Gasteiger charge is -2.25. The topological polar surface area (TPSA) is 66.9 Å². The van der Waals surface area contributed by atoms with E-state index in [1.165, 1.54) is 29.6 Å². The zero-order valence-electron chi connectivity index (χ0n) is 18.5. The maximum Gasteiger partial charge on any atom is 0.406 e. The van der Waals surface area contributed by atoms with Crippen molar-refractivity contribution in [3.8, 4) is 5.75 Å². The Morgan fingerprint density at radius 1 is 0.941 bits per heavy atom. The van der Waals surface area contributed by atoms with Crippen LogP contribution < -0.4 is 9.04 Å². The first-order chi connectivity index (χ1) is 16.0. The number of nitrogens with zero attached hydrogens (tertiary/aromatic N) is 2. The molecule has 0 radical (unpaired) electrons. The molecule has 0 saturated carbocycles. The Bertz CT molecular complexity index is 1230. The SMILES string of the molecule is COc1ccc(N(Cc2ccccc2)S(=O)(=O)c2cccc(C(=O)N(C)CC(F)(F)F)c2)cc1.